The van der Waals surface area contributed by atoms with Gasteiger partial charge in [-0.1, -0.05) is 23.8 Å². The molecule has 0 bridgehead atoms. The lowest BCUT2D eigenvalue weighted by molar-refractivity contribution is 1.48. The van der Waals surface area contributed by atoms with Gasteiger partial charge >= 0.3 is 0 Å². The lowest BCUT2D eigenvalue weighted by atomic mass is 10.1. The van der Waals surface area contributed by atoms with Gasteiger partial charge in [-0.05, 0) is 43.3 Å². The monoisotopic (exact) mass is 298 g/mol. The zero-order valence-electron chi connectivity index (χ0n) is 12.6. The number of hydrogen-bond acceptors (Lipinski definition) is 1. The molecule has 2 N–H and O–H groups in total. The van der Waals surface area contributed by atoms with Crippen LogP contribution in [0.5, 0.6) is 0 Å². The molecule has 23 heavy (non-hydrogen) atoms. The molecule has 0 saturated carbocycles. The number of aryl methyl sites for hydroxylation is 1. The lowest BCUT2D eigenvalue weighted by Gasteiger charge is -2.03. The number of aromatic amines is 2. The van der Waals surface area contributed by atoms with Gasteiger partial charge in [0, 0.05) is 38.1 Å². The highest BCUT2D eigenvalue weighted by atomic mass is 16.1. The van der Waals surface area contributed by atoms with Crippen LogP contribution in [0.4, 0.5) is 0 Å². The first-order valence-electron chi connectivity index (χ1n) is 7.67. The van der Waals surface area contributed by atoms with E-state index >= 15 is 0 Å². The van der Waals surface area contributed by atoms with Crippen molar-refractivity contribution in [3.05, 3.63) is 70.4 Å². The van der Waals surface area contributed by atoms with Crippen molar-refractivity contribution in [3.8, 4) is 0 Å². The third kappa shape index (κ3) is 1.67. The number of H-pyrrole nitrogens is 2. The molecule has 0 spiro atoms. The topological polar surface area (TPSA) is 48.6 Å². The number of benzene rings is 3. The molecule has 0 radical (unpaired) electrons. The van der Waals surface area contributed by atoms with Gasteiger partial charge in [-0.2, -0.15) is 0 Å². The molecule has 0 aliphatic rings. The number of fused-ring (bicyclic) bond motifs is 5. The second-order valence-corrected chi connectivity index (χ2v) is 6.12. The van der Waals surface area contributed by atoms with Gasteiger partial charge < -0.3 is 9.97 Å². The molecule has 2 heterocycles. The number of pyridine rings is 1. The van der Waals surface area contributed by atoms with Gasteiger partial charge in [0.2, 0.25) is 0 Å². The van der Waals surface area contributed by atoms with Crippen LogP contribution in [0.2, 0.25) is 0 Å². The number of para-hydroxylation sites is 1. The Hall–Kier alpha value is -3.07. The first kappa shape index (κ1) is 12.5. The number of rotatable bonds is 0. The molecule has 0 unspecified atom stereocenters. The molecular formula is C20H14N2O. The van der Waals surface area contributed by atoms with Crippen LogP contribution in [0.15, 0.2) is 59.4 Å². The molecule has 5 rings (SSSR count). The van der Waals surface area contributed by atoms with Gasteiger partial charge in [0.05, 0.1) is 5.52 Å². The highest BCUT2D eigenvalue weighted by Crippen LogP contribution is 2.29. The molecule has 5 aromatic rings. The van der Waals surface area contributed by atoms with Gasteiger partial charge in [0.25, 0.3) is 0 Å². The maximum Gasteiger partial charge on any atom is 0.197 e. The Morgan fingerprint density at radius 2 is 1.30 bits per heavy atom. The largest absolute Gasteiger partial charge is 0.354 e. The molecule has 3 heteroatoms. The zero-order valence-corrected chi connectivity index (χ0v) is 12.6. The van der Waals surface area contributed by atoms with Crippen molar-refractivity contribution < 1.29 is 0 Å². The summed E-state index contributed by atoms with van der Waals surface area (Å²) in [7, 11) is 0. The van der Waals surface area contributed by atoms with Crippen LogP contribution in [-0.4, -0.2) is 9.97 Å². The molecule has 0 fully saturated rings. The fourth-order valence-corrected chi connectivity index (χ4v) is 3.43. The normalized spacial score (nSPS) is 11.9. The Labute approximate surface area is 131 Å². The van der Waals surface area contributed by atoms with Crippen molar-refractivity contribution in [1.82, 2.24) is 9.97 Å². The van der Waals surface area contributed by atoms with Gasteiger partial charge in [-0.3, -0.25) is 4.79 Å². The standard InChI is InChI=1S/C20H14N2O/c1-11-6-7-17-13(8-11)14-9-19-15(10-18(14)22-17)20(23)12-4-2-3-5-16(12)21-19/h2-10,22H,1H3,(H,21,23). The first-order chi connectivity index (χ1) is 11.2. The summed E-state index contributed by atoms with van der Waals surface area (Å²) in [5.74, 6) is 0. The summed E-state index contributed by atoms with van der Waals surface area (Å²) >= 11 is 0. The second-order valence-electron chi connectivity index (χ2n) is 6.12. The molecular weight excluding hydrogens is 284 g/mol. The third-order valence-corrected chi connectivity index (χ3v) is 4.58. The average molecular weight is 298 g/mol. The minimum absolute atomic E-state index is 0.0751. The number of aromatic nitrogens is 2. The molecule has 3 nitrogen and oxygen atoms in total. The van der Waals surface area contributed by atoms with E-state index in [-0.39, 0.29) is 5.43 Å². The Balaban J connectivity index is 2.03. The summed E-state index contributed by atoms with van der Waals surface area (Å²) in [6.45, 7) is 2.09. The minimum atomic E-state index is 0.0751. The number of nitrogens with one attached hydrogen (secondary N) is 2. The van der Waals surface area contributed by atoms with Crippen LogP contribution < -0.4 is 5.43 Å². The van der Waals surface area contributed by atoms with Crippen molar-refractivity contribution in [3.63, 3.8) is 0 Å². The Morgan fingerprint density at radius 1 is 0.652 bits per heavy atom. The fraction of sp³-hybridized carbons (Fsp3) is 0.0500. The van der Waals surface area contributed by atoms with E-state index in [2.05, 4.69) is 41.2 Å². The number of hydrogen-bond donors (Lipinski definition) is 2. The quantitative estimate of drug-likeness (QED) is 0.402. The summed E-state index contributed by atoms with van der Waals surface area (Å²) in [5, 5.41) is 3.78. The van der Waals surface area contributed by atoms with E-state index in [0.29, 0.717) is 0 Å². The summed E-state index contributed by atoms with van der Waals surface area (Å²) in [5.41, 5.74) is 5.15. The van der Waals surface area contributed by atoms with Gasteiger partial charge in [-0.15, -0.1) is 0 Å². The van der Waals surface area contributed by atoms with Crippen molar-refractivity contribution in [1.29, 1.82) is 0 Å². The van der Waals surface area contributed by atoms with Crippen LogP contribution in [0.1, 0.15) is 5.56 Å². The van der Waals surface area contributed by atoms with E-state index in [1.165, 1.54) is 10.9 Å². The molecule has 0 atom stereocenters. The minimum Gasteiger partial charge on any atom is -0.354 e. The van der Waals surface area contributed by atoms with Crippen LogP contribution in [0.3, 0.4) is 0 Å². The van der Waals surface area contributed by atoms with E-state index < -0.39 is 0 Å². The highest BCUT2D eigenvalue weighted by Gasteiger charge is 2.10. The fourth-order valence-electron chi connectivity index (χ4n) is 3.43. The third-order valence-electron chi connectivity index (χ3n) is 4.58. The van der Waals surface area contributed by atoms with E-state index in [9.17, 15) is 4.79 Å². The second kappa shape index (κ2) is 4.23. The van der Waals surface area contributed by atoms with Crippen LogP contribution >= 0.6 is 0 Å². The van der Waals surface area contributed by atoms with Crippen LogP contribution in [0.25, 0.3) is 43.6 Å². The van der Waals surface area contributed by atoms with Crippen molar-refractivity contribution in [2.45, 2.75) is 6.92 Å². The summed E-state index contributed by atoms with van der Waals surface area (Å²) in [4.78, 5) is 19.6. The van der Waals surface area contributed by atoms with Gasteiger partial charge in [0.15, 0.2) is 5.43 Å². The summed E-state index contributed by atoms with van der Waals surface area (Å²) in [6, 6.07) is 18.1. The summed E-state index contributed by atoms with van der Waals surface area (Å²) in [6.07, 6.45) is 0. The van der Waals surface area contributed by atoms with Crippen LogP contribution in [0, 0.1) is 6.92 Å². The first-order valence-corrected chi connectivity index (χ1v) is 7.67. The molecule has 2 aromatic heterocycles. The molecule has 110 valence electrons. The van der Waals surface area contributed by atoms with Crippen molar-refractivity contribution in [2.75, 3.05) is 0 Å². The van der Waals surface area contributed by atoms with Crippen molar-refractivity contribution >= 4 is 43.6 Å². The van der Waals surface area contributed by atoms with Gasteiger partial charge in [0.1, 0.15) is 0 Å². The smallest absolute Gasteiger partial charge is 0.197 e. The van der Waals surface area contributed by atoms with E-state index in [0.717, 1.165) is 38.2 Å². The molecule has 0 saturated heterocycles. The lowest BCUT2D eigenvalue weighted by Crippen LogP contribution is -2.03. The Morgan fingerprint density at radius 3 is 2.17 bits per heavy atom. The zero-order chi connectivity index (χ0) is 15.6. The highest BCUT2D eigenvalue weighted by molar-refractivity contribution is 6.12. The molecule has 0 amide bonds. The SMILES string of the molecule is Cc1ccc2[nH]c3cc4c(=O)c5ccccc5[nH]c4cc3c2c1. The molecule has 0 aliphatic carbocycles. The Kier molecular flexibility index (Phi) is 2.29. The summed E-state index contributed by atoms with van der Waals surface area (Å²) < 4.78 is 0. The maximum atomic E-state index is 12.8. The van der Waals surface area contributed by atoms with E-state index in [4.69, 9.17) is 0 Å². The van der Waals surface area contributed by atoms with E-state index in [1.54, 1.807) is 0 Å². The van der Waals surface area contributed by atoms with Gasteiger partial charge in [-0.25, -0.2) is 0 Å². The molecule has 3 aromatic carbocycles. The van der Waals surface area contributed by atoms with Crippen LogP contribution in [-0.2, 0) is 0 Å². The maximum absolute atomic E-state index is 12.8. The predicted molar refractivity (Wildman–Crippen MR) is 96.2 cm³/mol. The average Bonchev–Trinajstić information content (AvgIpc) is 2.91. The van der Waals surface area contributed by atoms with Crippen molar-refractivity contribution in [2.24, 2.45) is 0 Å². The predicted octanol–water partition coefficient (Wildman–Crippen LogP) is 4.62. The van der Waals surface area contributed by atoms with E-state index in [1.807, 2.05) is 30.3 Å². The Bertz CT molecular complexity index is 1290. The molecule has 0 aliphatic heterocycles.